The minimum Gasteiger partial charge on any atom is -0.302 e. The van der Waals surface area contributed by atoms with Crippen molar-refractivity contribution in [3.8, 4) is 0 Å². The van der Waals surface area contributed by atoms with E-state index in [0.29, 0.717) is 6.42 Å². The molecule has 146 valence electrons. The summed E-state index contributed by atoms with van der Waals surface area (Å²) >= 11 is 1.61. The molecular formula is C19H19N3O4S2. The van der Waals surface area contributed by atoms with Gasteiger partial charge in [0.15, 0.2) is 4.90 Å². The highest BCUT2D eigenvalue weighted by Gasteiger charge is 2.39. The number of rotatable bonds is 3. The zero-order chi connectivity index (χ0) is 20.1. The molecule has 0 bridgehead atoms. The average molecular weight is 418 g/mol. The van der Waals surface area contributed by atoms with Gasteiger partial charge in [0, 0.05) is 31.7 Å². The van der Waals surface area contributed by atoms with E-state index in [1.54, 1.807) is 11.3 Å². The number of nitrogens with zero attached hydrogens (tertiary/aromatic N) is 3. The van der Waals surface area contributed by atoms with Gasteiger partial charge >= 0.3 is 5.69 Å². The molecule has 0 saturated heterocycles. The summed E-state index contributed by atoms with van der Waals surface area (Å²) in [7, 11) is -1.41. The summed E-state index contributed by atoms with van der Waals surface area (Å²) in [4.78, 5) is 25.3. The Morgan fingerprint density at radius 1 is 1.07 bits per heavy atom. The Morgan fingerprint density at radius 3 is 2.50 bits per heavy atom. The van der Waals surface area contributed by atoms with Crippen molar-refractivity contribution in [1.29, 1.82) is 0 Å². The number of benzene rings is 1. The SMILES string of the molecule is Cn1cc(S(=O)(=O)N2CCc3sccc3C2c2ccccc2)c(=O)n(C)c1=O. The molecule has 3 aromatic rings. The zero-order valence-electron chi connectivity index (χ0n) is 15.4. The largest absolute Gasteiger partial charge is 0.330 e. The Bertz CT molecular complexity index is 1260. The van der Waals surface area contributed by atoms with E-state index in [9.17, 15) is 18.0 Å². The van der Waals surface area contributed by atoms with Crippen LogP contribution in [-0.4, -0.2) is 28.4 Å². The first-order chi connectivity index (χ1) is 13.3. The summed E-state index contributed by atoms with van der Waals surface area (Å²) in [6.45, 7) is 0.265. The third-order valence-electron chi connectivity index (χ3n) is 5.04. The molecule has 0 amide bonds. The smallest absolute Gasteiger partial charge is 0.302 e. The van der Waals surface area contributed by atoms with Crippen LogP contribution in [0, 0.1) is 0 Å². The second-order valence-electron chi connectivity index (χ2n) is 6.73. The van der Waals surface area contributed by atoms with Gasteiger partial charge in [-0.3, -0.25) is 9.36 Å². The fourth-order valence-electron chi connectivity index (χ4n) is 3.61. The van der Waals surface area contributed by atoms with E-state index in [4.69, 9.17) is 0 Å². The minimum absolute atomic E-state index is 0.265. The molecule has 28 heavy (non-hydrogen) atoms. The van der Waals surface area contributed by atoms with Gasteiger partial charge in [-0.25, -0.2) is 13.2 Å². The van der Waals surface area contributed by atoms with E-state index in [-0.39, 0.29) is 6.54 Å². The van der Waals surface area contributed by atoms with E-state index >= 15 is 0 Å². The summed E-state index contributed by atoms with van der Waals surface area (Å²) in [5.41, 5.74) is 0.396. The summed E-state index contributed by atoms with van der Waals surface area (Å²) in [5.74, 6) is 0. The molecule has 7 nitrogen and oxygen atoms in total. The van der Waals surface area contributed by atoms with Crippen LogP contribution in [0.25, 0.3) is 0 Å². The third-order valence-corrected chi connectivity index (χ3v) is 7.88. The number of fused-ring (bicyclic) bond motifs is 1. The Hall–Kier alpha value is -2.49. The molecule has 0 N–H and O–H groups in total. The van der Waals surface area contributed by atoms with Gasteiger partial charge in [-0.05, 0) is 29.0 Å². The second kappa shape index (κ2) is 6.84. The molecule has 3 heterocycles. The van der Waals surface area contributed by atoms with E-state index in [1.807, 2.05) is 41.8 Å². The van der Waals surface area contributed by atoms with Gasteiger partial charge in [-0.2, -0.15) is 4.31 Å². The van der Waals surface area contributed by atoms with Crippen LogP contribution in [0.15, 0.2) is 62.5 Å². The Balaban J connectivity index is 1.93. The first kappa shape index (κ1) is 18.9. The predicted octanol–water partition coefficient (Wildman–Crippen LogP) is 1.48. The molecule has 1 aromatic carbocycles. The van der Waals surface area contributed by atoms with Crippen LogP contribution in [0.3, 0.4) is 0 Å². The molecule has 0 saturated carbocycles. The van der Waals surface area contributed by atoms with Crippen LogP contribution >= 0.6 is 11.3 Å². The van der Waals surface area contributed by atoms with Gasteiger partial charge in [0.05, 0.1) is 6.04 Å². The quantitative estimate of drug-likeness (QED) is 0.647. The Morgan fingerprint density at radius 2 is 1.79 bits per heavy atom. The Labute approximate surface area is 166 Å². The molecular weight excluding hydrogens is 398 g/mol. The maximum atomic E-state index is 13.5. The van der Waals surface area contributed by atoms with Crippen LogP contribution in [-0.2, 0) is 30.5 Å². The van der Waals surface area contributed by atoms with E-state index in [1.165, 1.54) is 18.4 Å². The van der Waals surface area contributed by atoms with Crippen molar-refractivity contribution in [2.45, 2.75) is 17.4 Å². The van der Waals surface area contributed by atoms with Crippen molar-refractivity contribution in [3.05, 3.63) is 84.8 Å². The average Bonchev–Trinajstić information content (AvgIpc) is 3.17. The lowest BCUT2D eigenvalue weighted by atomic mass is 9.95. The first-order valence-electron chi connectivity index (χ1n) is 8.72. The fourth-order valence-corrected chi connectivity index (χ4v) is 6.26. The fraction of sp³-hybridized carbons (Fsp3) is 0.263. The van der Waals surface area contributed by atoms with Gasteiger partial charge in [0.1, 0.15) is 0 Å². The normalized spacial score (nSPS) is 17.4. The van der Waals surface area contributed by atoms with Gasteiger partial charge in [0.2, 0.25) is 0 Å². The molecule has 1 aliphatic heterocycles. The van der Waals surface area contributed by atoms with Gasteiger partial charge in [-0.15, -0.1) is 11.3 Å². The third kappa shape index (κ3) is 2.86. The van der Waals surface area contributed by atoms with Crippen molar-refractivity contribution in [2.24, 2.45) is 14.1 Å². The molecule has 1 aliphatic rings. The molecule has 1 atom stereocenters. The summed E-state index contributed by atoms with van der Waals surface area (Å²) < 4.78 is 30.4. The maximum Gasteiger partial charge on any atom is 0.330 e. The standard InChI is InChI=1S/C19H19N3O4S2/c1-20-12-16(18(23)21(2)19(20)24)28(25,26)22-10-8-15-14(9-11-27-15)17(22)13-6-4-3-5-7-13/h3-7,9,11-12,17H,8,10H2,1-2H3. The van der Waals surface area contributed by atoms with E-state index in [2.05, 4.69) is 0 Å². The highest BCUT2D eigenvalue weighted by molar-refractivity contribution is 7.89. The summed E-state index contributed by atoms with van der Waals surface area (Å²) in [5, 5.41) is 1.96. The number of aryl methyl sites for hydroxylation is 1. The van der Waals surface area contributed by atoms with Gasteiger partial charge in [-0.1, -0.05) is 30.3 Å². The lowest BCUT2D eigenvalue weighted by Crippen LogP contribution is -2.45. The number of thiophene rings is 1. The van der Waals surface area contributed by atoms with Crippen molar-refractivity contribution in [2.75, 3.05) is 6.54 Å². The number of aromatic nitrogens is 2. The van der Waals surface area contributed by atoms with Gasteiger partial charge in [0.25, 0.3) is 15.6 Å². The van der Waals surface area contributed by atoms with Crippen LogP contribution < -0.4 is 11.2 Å². The number of hydrogen-bond donors (Lipinski definition) is 0. The molecule has 1 unspecified atom stereocenters. The monoisotopic (exact) mass is 417 g/mol. The van der Waals surface area contributed by atoms with Crippen molar-refractivity contribution in [1.82, 2.24) is 13.4 Å². The molecule has 0 radical (unpaired) electrons. The van der Waals surface area contributed by atoms with E-state index in [0.717, 1.165) is 31.3 Å². The van der Waals surface area contributed by atoms with E-state index < -0.39 is 32.2 Å². The number of sulfonamides is 1. The van der Waals surface area contributed by atoms with Crippen LogP contribution in [0.5, 0.6) is 0 Å². The first-order valence-corrected chi connectivity index (χ1v) is 11.0. The molecule has 9 heteroatoms. The molecule has 0 aliphatic carbocycles. The Kier molecular flexibility index (Phi) is 4.60. The summed E-state index contributed by atoms with van der Waals surface area (Å²) in [6, 6.07) is 10.8. The topological polar surface area (TPSA) is 81.4 Å². The molecule has 0 spiro atoms. The lowest BCUT2D eigenvalue weighted by Gasteiger charge is -2.35. The lowest BCUT2D eigenvalue weighted by molar-refractivity contribution is 0.345. The van der Waals surface area contributed by atoms with Crippen molar-refractivity contribution < 1.29 is 8.42 Å². The number of hydrogen-bond acceptors (Lipinski definition) is 5. The van der Waals surface area contributed by atoms with Crippen LogP contribution in [0.2, 0.25) is 0 Å². The van der Waals surface area contributed by atoms with Crippen LogP contribution in [0.4, 0.5) is 0 Å². The molecule has 0 fully saturated rings. The maximum absolute atomic E-state index is 13.5. The van der Waals surface area contributed by atoms with Gasteiger partial charge < -0.3 is 4.57 Å². The zero-order valence-corrected chi connectivity index (χ0v) is 17.0. The van der Waals surface area contributed by atoms with Crippen molar-refractivity contribution in [3.63, 3.8) is 0 Å². The summed E-state index contributed by atoms with van der Waals surface area (Å²) in [6.07, 6.45) is 1.70. The highest BCUT2D eigenvalue weighted by Crippen LogP contribution is 2.40. The second-order valence-corrected chi connectivity index (χ2v) is 9.59. The molecule has 2 aromatic heterocycles. The van der Waals surface area contributed by atoms with Crippen LogP contribution in [0.1, 0.15) is 22.0 Å². The minimum atomic E-state index is -4.13. The highest BCUT2D eigenvalue weighted by atomic mass is 32.2. The predicted molar refractivity (Wildman–Crippen MR) is 107 cm³/mol. The molecule has 4 rings (SSSR count). The van der Waals surface area contributed by atoms with Crippen molar-refractivity contribution >= 4 is 21.4 Å².